The first-order chi connectivity index (χ1) is 8.26. The van der Waals surface area contributed by atoms with Crippen LogP contribution in [-0.2, 0) is 24.1 Å². The van der Waals surface area contributed by atoms with Crippen molar-refractivity contribution < 1.29 is 4.74 Å². The largest absolute Gasteiger partial charge is 0.371 e. The van der Waals surface area contributed by atoms with Gasteiger partial charge in [-0.2, -0.15) is 0 Å². The van der Waals surface area contributed by atoms with Crippen LogP contribution in [0.4, 0.5) is 0 Å². The quantitative estimate of drug-likeness (QED) is 0.864. The van der Waals surface area contributed by atoms with E-state index >= 15 is 0 Å². The zero-order valence-corrected chi connectivity index (χ0v) is 10.9. The average Bonchev–Trinajstić information content (AvgIpc) is 2.37. The monoisotopic (exact) mass is 235 g/mol. The lowest BCUT2D eigenvalue weighted by atomic mass is 10.0. The molecule has 0 spiro atoms. The molecule has 0 bridgehead atoms. The summed E-state index contributed by atoms with van der Waals surface area (Å²) < 4.78 is 5.57. The van der Waals surface area contributed by atoms with E-state index in [0.29, 0.717) is 6.61 Å². The lowest BCUT2D eigenvalue weighted by Crippen LogP contribution is -2.27. The normalized spacial score (nSPS) is 16.6. The third-order valence-corrected chi connectivity index (χ3v) is 3.16. The Morgan fingerprint density at radius 2 is 2.18 bits per heavy atom. The van der Waals surface area contributed by atoms with Gasteiger partial charge in [0.15, 0.2) is 5.82 Å². The molecule has 1 aromatic rings. The predicted octanol–water partition coefficient (Wildman–Crippen LogP) is 1.78. The Labute approximate surface area is 103 Å². The third-order valence-electron chi connectivity index (χ3n) is 3.16. The maximum absolute atomic E-state index is 5.57. The molecule has 2 heterocycles. The zero-order chi connectivity index (χ0) is 12.3. The van der Waals surface area contributed by atoms with Gasteiger partial charge in [0.25, 0.3) is 0 Å². The Morgan fingerprint density at radius 1 is 1.35 bits per heavy atom. The molecule has 1 N–H and O–H groups in total. The average molecular weight is 235 g/mol. The van der Waals surface area contributed by atoms with Crippen LogP contribution in [0.2, 0.25) is 0 Å². The number of aromatic nitrogens is 2. The fourth-order valence-electron chi connectivity index (χ4n) is 2.26. The highest BCUT2D eigenvalue weighted by molar-refractivity contribution is 5.28. The Morgan fingerprint density at radius 3 is 2.88 bits per heavy atom. The van der Waals surface area contributed by atoms with Crippen LogP contribution in [-0.4, -0.2) is 23.1 Å². The number of aryl methyl sites for hydroxylation is 1. The minimum atomic E-state index is -0.0162. The molecule has 0 radical (unpaired) electrons. The number of nitrogens with zero attached hydrogens (tertiary/aromatic N) is 2. The molecule has 0 saturated carbocycles. The highest BCUT2D eigenvalue weighted by Gasteiger charge is 2.18. The summed E-state index contributed by atoms with van der Waals surface area (Å²) in [5.41, 5.74) is 3.70. The standard InChI is InChI=1S/C13H21N3O/c1-4-11-10-6-7-14-8-12(10)16-13(15-11)9(3)17-5-2/h9,14H,4-8H2,1-3H3. The second-order valence-electron chi connectivity index (χ2n) is 4.33. The molecule has 0 amide bonds. The van der Waals surface area contributed by atoms with Gasteiger partial charge in [0, 0.05) is 18.8 Å². The van der Waals surface area contributed by atoms with Crippen molar-refractivity contribution in [3.63, 3.8) is 0 Å². The number of hydrogen-bond acceptors (Lipinski definition) is 4. The molecule has 0 saturated heterocycles. The summed E-state index contributed by atoms with van der Waals surface area (Å²) in [6.07, 6.45) is 2.00. The zero-order valence-electron chi connectivity index (χ0n) is 10.9. The van der Waals surface area contributed by atoms with E-state index in [4.69, 9.17) is 4.74 Å². The van der Waals surface area contributed by atoms with Crippen LogP contribution in [0.3, 0.4) is 0 Å². The van der Waals surface area contributed by atoms with E-state index in [1.807, 2.05) is 13.8 Å². The predicted molar refractivity (Wildman–Crippen MR) is 66.9 cm³/mol. The Balaban J connectivity index is 2.35. The second-order valence-corrected chi connectivity index (χ2v) is 4.33. The minimum absolute atomic E-state index is 0.0162. The topological polar surface area (TPSA) is 47.0 Å². The van der Waals surface area contributed by atoms with Crippen LogP contribution < -0.4 is 5.32 Å². The summed E-state index contributed by atoms with van der Waals surface area (Å²) in [4.78, 5) is 9.30. The van der Waals surface area contributed by atoms with Crippen molar-refractivity contribution >= 4 is 0 Å². The Hall–Kier alpha value is -1.00. The molecule has 4 heteroatoms. The van der Waals surface area contributed by atoms with Gasteiger partial charge < -0.3 is 10.1 Å². The summed E-state index contributed by atoms with van der Waals surface area (Å²) in [7, 11) is 0. The first-order valence-electron chi connectivity index (χ1n) is 6.47. The second kappa shape index (κ2) is 5.56. The van der Waals surface area contributed by atoms with E-state index in [1.54, 1.807) is 0 Å². The van der Waals surface area contributed by atoms with Crippen LogP contribution in [0, 0.1) is 0 Å². The molecular weight excluding hydrogens is 214 g/mol. The van der Waals surface area contributed by atoms with Gasteiger partial charge in [-0.15, -0.1) is 0 Å². The van der Waals surface area contributed by atoms with Crippen molar-refractivity contribution in [1.29, 1.82) is 0 Å². The first kappa shape index (κ1) is 12.5. The molecule has 1 aromatic heterocycles. The summed E-state index contributed by atoms with van der Waals surface area (Å²) in [6, 6.07) is 0. The van der Waals surface area contributed by atoms with Gasteiger partial charge in [-0.1, -0.05) is 6.92 Å². The van der Waals surface area contributed by atoms with Gasteiger partial charge in [0.1, 0.15) is 6.10 Å². The van der Waals surface area contributed by atoms with Crippen LogP contribution in [0.5, 0.6) is 0 Å². The Bertz CT molecular complexity index is 375. The van der Waals surface area contributed by atoms with E-state index in [0.717, 1.165) is 37.4 Å². The van der Waals surface area contributed by atoms with Gasteiger partial charge in [0.05, 0.1) is 5.69 Å². The molecule has 2 rings (SSSR count). The number of fused-ring (bicyclic) bond motifs is 1. The number of nitrogens with one attached hydrogen (secondary N) is 1. The van der Waals surface area contributed by atoms with E-state index in [9.17, 15) is 0 Å². The van der Waals surface area contributed by atoms with Gasteiger partial charge >= 0.3 is 0 Å². The fourth-order valence-corrected chi connectivity index (χ4v) is 2.26. The maximum Gasteiger partial charge on any atom is 0.157 e. The van der Waals surface area contributed by atoms with Crippen LogP contribution in [0.15, 0.2) is 0 Å². The molecular formula is C13H21N3O. The molecule has 94 valence electrons. The molecule has 1 unspecified atom stereocenters. The maximum atomic E-state index is 5.57. The third kappa shape index (κ3) is 2.64. The van der Waals surface area contributed by atoms with Crippen molar-refractivity contribution in [2.45, 2.75) is 46.3 Å². The van der Waals surface area contributed by atoms with Crippen molar-refractivity contribution in [2.75, 3.05) is 13.2 Å². The molecule has 1 aliphatic heterocycles. The smallest absolute Gasteiger partial charge is 0.157 e. The summed E-state index contributed by atoms with van der Waals surface area (Å²) in [5, 5.41) is 3.36. The Kier molecular flexibility index (Phi) is 4.07. The van der Waals surface area contributed by atoms with Crippen molar-refractivity contribution in [3.05, 3.63) is 22.8 Å². The molecule has 1 aliphatic rings. The fraction of sp³-hybridized carbons (Fsp3) is 0.692. The minimum Gasteiger partial charge on any atom is -0.371 e. The van der Waals surface area contributed by atoms with E-state index < -0.39 is 0 Å². The summed E-state index contributed by atoms with van der Waals surface area (Å²) in [6.45, 7) is 8.75. The van der Waals surface area contributed by atoms with Gasteiger partial charge in [0.2, 0.25) is 0 Å². The summed E-state index contributed by atoms with van der Waals surface area (Å²) in [5.74, 6) is 0.825. The van der Waals surface area contributed by atoms with E-state index in [-0.39, 0.29) is 6.10 Å². The molecule has 4 nitrogen and oxygen atoms in total. The van der Waals surface area contributed by atoms with Gasteiger partial charge in [-0.05, 0) is 38.8 Å². The number of rotatable bonds is 4. The van der Waals surface area contributed by atoms with Crippen molar-refractivity contribution in [1.82, 2.24) is 15.3 Å². The SMILES string of the molecule is CCOC(C)c1nc(CC)c2c(n1)CNCC2. The van der Waals surface area contributed by atoms with E-state index in [2.05, 4.69) is 22.2 Å². The molecule has 0 aromatic carbocycles. The highest BCUT2D eigenvalue weighted by atomic mass is 16.5. The lowest BCUT2D eigenvalue weighted by molar-refractivity contribution is 0.0696. The van der Waals surface area contributed by atoms with Gasteiger partial charge in [-0.25, -0.2) is 9.97 Å². The molecule has 0 fully saturated rings. The van der Waals surface area contributed by atoms with Crippen LogP contribution in [0.1, 0.15) is 49.7 Å². The first-order valence-corrected chi connectivity index (χ1v) is 6.47. The van der Waals surface area contributed by atoms with Crippen LogP contribution in [0.25, 0.3) is 0 Å². The molecule has 1 atom stereocenters. The number of ether oxygens (including phenoxy) is 1. The van der Waals surface area contributed by atoms with Gasteiger partial charge in [-0.3, -0.25) is 0 Å². The summed E-state index contributed by atoms with van der Waals surface area (Å²) >= 11 is 0. The molecule has 0 aliphatic carbocycles. The van der Waals surface area contributed by atoms with Crippen LogP contribution >= 0.6 is 0 Å². The van der Waals surface area contributed by atoms with E-state index in [1.165, 1.54) is 11.3 Å². The highest BCUT2D eigenvalue weighted by Crippen LogP contribution is 2.20. The number of hydrogen-bond donors (Lipinski definition) is 1. The van der Waals surface area contributed by atoms with Crippen molar-refractivity contribution in [3.8, 4) is 0 Å². The lowest BCUT2D eigenvalue weighted by Gasteiger charge is -2.21. The van der Waals surface area contributed by atoms with Crippen molar-refractivity contribution in [2.24, 2.45) is 0 Å². The molecule has 17 heavy (non-hydrogen) atoms.